The molecule has 0 spiro atoms. The average Bonchev–Trinajstić information content (AvgIpc) is 1.56. The quantitative estimate of drug-likeness (QED) is 0.0944. The molecule has 0 amide bonds. The zero-order valence-electron chi connectivity index (χ0n) is 60.4. The van der Waals surface area contributed by atoms with Gasteiger partial charge in [0, 0.05) is 93.9 Å². The first-order chi connectivity index (χ1) is 56.2. The van der Waals surface area contributed by atoms with Gasteiger partial charge in [-0.15, -0.1) is 0 Å². The summed E-state index contributed by atoms with van der Waals surface area (Å²) in [7, 11) is 0. The summed E-state index contributed by atoms with van der Waals surface area (Å²) in [6.45, 7) is 0. The van der Waals surface area contributed by atoms with E-state index in [4.69, 9.17) is 59.8 Å². The highest BCUT2D eigenvalue weighted by Crippen LogP contribution is 2.46. The minimum atomic E-state index is -0.851. The first-order valence-electron chi connectivity index (χ1n) is 36.9. The van der Waals surface area contributed by atoms with Crippen LogP contribution in [0.15, 0.2) is 346 Å². The monoisotopic (exact) mass is 1470 g/mol. The Labute approximate surface area is 651 Å². The van der Waals surface area contributed by atoms with Gasteiger partial charge in [0.25, 0.3) is 0 Å². The van der Waals surface area contributed by atoms with Crippen LogP contribution < -0.4 is 0 Å². The maximum absolute atomic E-state index is 17.0. The van der Waals surface area contributed by atoms with E-state index >= 15 is 8.78 Å². The highest BCUT2D eigenvalue weighted by Gasteiger charge is 2.28. The van der Waals surface area contributed by atoms with Gasteiger partial charge in [0.1, 0.15) is 11.6 Å². The van der Waals surface area contributed by atoms with Gasteiger partial charge in [-0.05, 0) is 97.1 Å². The Morgan fingerprint density at radius 3 is 0.623 bits per heavy atom. The Morgan fingerprint density at radius 1 is 0.211 bits per heavy atom. The Bertz CT molecular complexity index is 6560. The number of aromatic nitrogens is 14. The molecular weight excluding hydrogens is 1410 g/mol. The molecule has 114 heavy (non-hydrogen) atoms. The van der Waals surface area contributed by atoms with Gasteiger partial charge in [0.05, 0.1) is 50.6 Å². The van der Waals surface area contributed by atoms with Crippen molar-refractivity contribution in [3.05, 3.63) is 363 Å². The summed E-state index contributed by atoms with van der Waals surface area (Å²) in [4.78, 5) is 62.0. The van der Waals surface area contributed by atoms with Gasteiger partial charge in [-0.1, -0.05) is 249 Å². The van der Waals surface area contributed by atoms with Gasteiger partial charge in [0.2, 0.25) is 0 Å². The zero-order chi connectivity index (χ0) is 76.2. The molecule has 0 aliphatic carbocycles. The molecule has 534 valence electrons. The van der Waals surface area contributed by atoms with Crippen LogP contribution in [0.4, 0.5) is 8.78 Å². The fraction of sp³-hybridized carbons (Fsp3) is 0. The van der Waals surface area contributed by atoms with Crippen LogP contribution in [-0.4, -0.2) is 68.9 Å². The summed E-state index contributed by atoms with van der Waals surface area (Å²) >= 11 is 0. The second-order valence-electron chi connectivity index (χ2n) is 27.3. The maximum atomic E-state index is 17.0. The number of halogens is 2. The molecule has 14 aromatic carbocycles. The third-order valence-corrected chi connectivity index (χ3v) is 20.3. The van der Waals surface area contributed by atoms with Crippen molar-refractivity contribution in [1.29, 1.82) is 5.26 Å². The summed E-state index contributed by atoms with van der Waals surface area (Å²) in [5.74, 6) is 3.81. The van der Waals surface area contributed by atoms with E-state index < -0.39 is 11.6 Å². The summed E-state index contributed by atoms with van der Waals surface area (Å²) < 4.78 is 38.2. The second kappa shape index (κ2) is 28.6. The highest BCUT2D eigenvalue weighted by atomic mass is 19.1. The zero-order valence-corrected chi connectivity index (χ0v) is 60.4. The first kappa shape index (κ1) is 67.4. The Hall–Kier alpha value is -15.9. The van der Waals surface area contributed by atoms with Crippen LogP contribution in [0.2, 0.25) is 0 Å². The number of hydrogen-bond donors (Lipinski definition) is 0. The van der Waals surface area contributed by atoms with Crippen LogP contribution in [0.25, 0.3) is 203 Å². The first-order valence-corrected chi connectivity index (χ1v) is 36.9. The van der Waals surface area contributed by atoms with E-state index in [-0.39, 0.29) is 16.7 Å². The third-order valence-electron chi connectivity index (χ3n) is 20.3. The van der Waals surface area contributed by atoms with Crippen molar-refractivity contribution in [3.8, 4) is 165 Å². The predicted molar refractivity (Wildman–Crippen MR) is 444 cm³/mol. The number of hydrogen-bond acceptors (Lipinski definition) is 13. The summed E-state index contributed by atoms with van der Waals surface area (Å²) in [5.41, 5.74) is 12.4. The molecule has 0 unspecified atom stereocenters. The largest absolute Gasteiger partial charge is 0.307 e. The smallest absolute Gasteiger partial charge is 0.164 e. The molecule has 6 aromatic heterocycles. The van der Waals surface area contributed by atoms with E-state index in [0.29, 0.717) is 126 Å². The van der Waals surface area contributed by atoms with Gasteiger partial charge < -0.3 is 9.13 Å². The van der Waals surface area contributed by atoms with Crippen LogP contribution >= 0.6 is 0 Å². The lowest BCUT2D eigenvalue weighted by molar-refractivity contribution is 0.589. The fourth-order valence-electron chi connectivity index (χ4n) is 14.9. The normalized spacial score (nSPS) is 11.4. The number of benzene rings is 14. The molecule has 0 N–H and O–H groups in total. The van der Waals surface area contributed by atoms with E-state index in [1.165, 1.54) is 18.2 Å². The fourth-order valence-corrected chi connectivity index (χ4v) is 14.9. The molecule has 0 fully saturated rings. The van der Waals surface area contributed by atoms with Crippen molar-refractivity contribution < 1.29 is 8.78 Å². The number of fused-ring (bicyclic) bond motifs is 6. The minimum absolute atomic E-state index is 0.00187. The molecule has 0 atom stereocenters. The van der Waals surface area contributed by atoms with Crippen LogP contribution in [0.5, 0.6) is 0 Å². The van der Waals surface area contributed by atoms with Crippen LogP contribution in [0.1, 0.15) is 5.56 Å². The molecule has 0 bridgehead atoms. The van der Waals surface area contributed by atoms with Crippen LogP contribution in [0.3, 0.4) is 0 Å². The van der Waals surface area contributed by atoms with Crippen molar-refractivity contribution in [2.45, 2.75) is 0 Å². The van der Waals surface area contributed by atoms with Gasteiger partial charge >= 0.3 is 0 Å². The molecule has 0 saturated heterocycles. The molecule has 17 heteroatoms. The van der Waals surface area contributed by atoms with Crippen molar-refractivity contribution >= 4 is 43.6 Å². The lowest BCUT2D eigenvalue weighted by Gasteiger charge is -2.20. The van der Waals surface area contributed by atoms with E-state index in [1.807, 2.05) is 291 Å². The van der Waals surface area contributed by atoms with E-state index in [9.17, 15) is 5.26 Å². The Balaban J connectivity index is 0.878. The van der Waals surface area contributed by atoms with Crippen molar-refractivity contribution in [1.82, 2.24) is 68.9 Å². The second-order valence-corrected chi connectivity index (χ2v) is 27.3. The molecule has 15 nitrogen and oxygen atoms in total. The number of rotatable bonds is 15. The molecular formula is C97H57F2N15. The average molecular weight is 1470 g/mol. The highest BCUT2D eigenvalue weighted by molar-refractivity contribution is 6.14. The third kappa shape index (κ3) is 12.5. The molecule has 20 rings (SSSR count). The molecule has 0 aliphatic heterocycles. The SMILES string of the molecule is N#Cc1cc(-n2c3ccc(-c4nc(-c5ccccc5)nc(-c5ccccc5)n4)cc3c3cc(-c4nc(-c5ccccc5)nc(-c5ccccc5)n4)ccc32)c(-n2c3ccc(-c4nc(-c5ccccc5)nc(-c5ccccc5)n4)cc3c3cc(-c4nc(-c5ccccc5)nc(-c5ccccc5)n4)ccc32)cc1-c1c(F)cccc1F. The topological polar surface area (TPSA) is 188 Å². The minimum Gasteiger partial charge on any atom is -0.307 e. The van der Waals surface area contributed by atoms with Crippen LogP contribution in [0, 0.1) is 23.0 Å². The predicted octanol–water partition coefficient (Wildman–Crippen LogP) is 22.4. The standard InChI is InChI=1S/C97H57F2N15/c98-77-42-25-43-78(99)85(77)72-57-84(114-81-50-46-69(96-109-90(63-34-17-5-18-35-63)103-91(110-96)64-36-19-6-20-37-64)54-75(81)76-55-70(47-51-82(76)114)97-111-92(65-38-21-7-22-39-65)104-93(112-97)66-40-23-8-24-41-66)83(56-71(72)58-100)113-79-48-44-67(94-105-86(59-26-9-1-10-27-59)101-87(106-94)60-28-11-2-12-29-60)52-73(79)74-53-68(45-49-80(74)113)95-107-88(61-30-13-3-14-31-61)102-89(108-95)62-32-15-4-16-33-62/h1-57H. The molecule has 0 aliphatic rings. The van der Waals surface area contributed by atoms with E-state index in [0.717, 1.165) is 66.1 Å². The van der Waals surface area contributed by atoms with Crippen molar-refractivity contribution in [2.75, 3.05) is 0 Å². The van der Waals surface area contributed by atoms with Gasteiger partial charge in [-0.3, -0.25) is 0 Å². The molecule has 0 saturated carbocycles. The summed E-state index contributed by atoms with van der Waals surface area (Å²) in [6, 6.07) is 112. The lowest BCUT2D eigenvalue weighted by atomic mass is 9.97. The van der Waals surface area contributed by atoms with Gasteiger partial charge in [0.15, 0.2) is 69.9 Å². The number of nitriles is 1. The van der Waals surface area contributed by atoms with Crippen LogP contribution in [-0.2, 0) is 0 Å². The molecule has 0 radical (unpaired) electrons. The van der Waals surface area contributed by atoms with Crippen molar-refractivity contribution in [3.63, 3.8) is 0 Å². The van der Waals surface area contributed by atoms with Gasteiger partial charge in [-0.25, -0.2) is 68.6 Å². The van der Waals surface area contributed by atoms with E-state index in [1.54, 1.807) is 12.1 Å². The summed E-state index contributed by atoms with van der Waals surface area (Å²) in [6.07, 6.45) is 0. The van der Waals surface area contributed by atoms with E-state index in [2.05, 4.69) is 39.5 Å². The number of nitrogens with zero attached hydrogens (tertiary/aromatic N) is 15. The molecule has 6 heterocycles. The maximum Gasteiger partial charge on any atom is 0.164 e. The Kier molecular flexibility index (Phi) is 16.9. The molecule has 20 aromatic rings. The van der Waals surface area contributed by atoms with Crippen molar-refractivity contribution in [2.24, 2.45) is 0 Å². The van der Waals surface area contributed by atoms with Gasteiger partial charge in [-0.2, -0.15) is 5.26 Å². The Morgan fingerprint density at radius 2 is 0.412 bits per heavy atom. The summed E-state index contributed by atoms with van der Waals surface area (Å²) in [5, 5.41) is 14.7. The lowest BCUT2D eigenvalue weighted by Crippen LogP contribution is -2.06.